The summed E-state index contributed by atoms with van der Waals surface area (Å²) in [5.74, 6) is 2.43. The van der Waals surface area contributed by atoms with Gasteiger partial charge in [0.25, 0.3) is 0 Å². The van der Waals surface area contributed by atoms with E-state index in [1.54, 1.807) is 42.6 Å². The van der Waals surface area contributed by atoms with Crippen LogP contribution >= 0.6 is 11.8 Å². The van der Waals surface area contributed by atoms with Crippen molar-refractivity contribution < 1.29 is 18.8 Å². The number of hydrogen-bond acceptors (Lipinski definition) is 7. The topological polar surface area (TPSA) is 74.5 Å². The molecule has 2 aromatic heterocycles. The maximum Gasteiger partial charge on any atom is 0.344 e. The minimum Gasteiger partial charge on any atom is -0.439 e. The first-order valence-electron chi connectivity index (χ1n) is 9.22. The summed E-state index contributed by atoms with van der Waals surface area (Å²) >= 11 is 1.49. The van der Waals surface area contributed by atoms with E-state index in [1.807, 2.05) is 43.3 Å². The minimum absolute atomic E-state index is 0.426. The van der Waals surface area contributed by atoms with Gasteiger partial charge >= 0.3 is 5.97 Å². The van der Waals surface area contributed by atoms with E-state index in [-0.39, 0.29) is 0 Å². The van der Waals surface area contributed by atoms with Crippen LogP contribution in [0.15, 0.2) is 88.4 Å². The van der Waals surface area contributed by atoms with E-state index in [4.69, 9.17) is 14.0 Å². The second kappa shape index (κ2) is 9.28. The number of carbonyl (C=O) groups excluding carboxylic acids is 1. The summed E-state index contributed by atoms with van der Waals surface area (Å²) in [7, 11) is 0. The van der Waals surface area contributed by atoms with Gasteiger partial charge in [0, 0.05) is 23.2 Å². The highest BCUT2D eigenvalue weighted by atomic mass is 32.2. The number of rotatable bonds is 7. The Morgan fingerprint density at radius 2 is 1.77 bits per heavy atom. The molecule has 7 heteroatoms. The van der Waals surface area contributed by atoms with Crippen molar-refractivity contribution in [2.24, 2.45) is 0 Å². The highest BCUT2D eigenvalue weighted by Crippen LogP contribution is 2.28. The SMILES string of the molecule is Cc1cc(CSc2ccccc2C(=O)Oc2ccc(Oc3ccccn3)cc2)on1. The van der Waals surface area contributed by atoms with Gasteiger partial charge in [-0.05, 0) is 49.4 Å². The van der Waals surface area contributed by atoms with Crippen molar-refractivity contribution in [1.82, 2.24) is 10.1 Å². The molecule has 30 heavy (non-hydrogen) atoms. The molecule has 0 fully saturated rings. The Morgan fingerprint density at radius 1 is 1.00 bits per heavy atom. The predicted octanol–water partition coefficient (Wildman–Crippen LogP) is 5.68. The molecule has 0 aliphatic rings. The zero-order valence-electron chi connectivity index (χ0n) is 16.1. The Balaban J connectivity index is 1.41. The lowest BCUT2D eigenvalue weighted by molar-refractivity contribution is 0.0731. The monoisotopic (exact) mass is 418 g/mol. The van der Waals surface area contributed by atoms with E-state index in [0.29, 0.717) is 28.7 Å². The summed E-state index contributed by atoms with van der Waals surface area (Å²) in [5.41, 5.74) is 1.32. The third-order valence-electron chi connectivity index (χ3n) is 4.05. The molecule has 0 saturated carbocycles. The average molecular weight is 418 g/mol. The number of hydrogen-bond donors (Lipinski definition) is 0. The minimum atomic E-state index is -0.426. The summed E-state index contributed by atoms with van der Waals surface area (Å²) in [5, 5.41) is 3.88. The number of ether oxygens (including phenoxy) is 2. The van der Waals surface area contributed by atoms with Gasteiger partial charge in [0.1, 0.15) is 17.3 Å². The van der Waals surface area contributed by atoms with Gasteiger partial charge in [-0.15, -0.1) is 11.8 Å². The lowest BCUT2D eigenvalue weighted by Gasteiger charge is -2.09. The maximum atomic E-state index is 12.7. The molecule has 0 aliphatic heterocycles. The molecule has 0 saturated heterocycles. The molecule has 0 spiro atoms. The fourth-order valence-electron chi connectivity index (χ4n) is 2.66. The van der Waals surface area contributed by atoms with E-state index >= 15 is 0 Å². The number of nitrogens with zero attached hydrogens (tertiary/aromatic N) is 2. The molecule has 0 amide bonds. The van der Waals surface area contributed by atoms with Gasteiger partial charge in [-0.1, -0.05) is 23.4 Å². The zero-order valence-corrected chi connectivity index (χ0v) is 17.0. The third-order valence-corrected chi connectivity index (χ3v) is 5.14. The van der Waals surface area contributed by atoms with Crippen molar-refractivity contribution in [2.45, 2.75) is 17.6 Å². The molecule has 2 aromatic carbocycles. The molecule has 2 heterocycles. The average Bonchev–Trinajstić information content (AvgIpc) is 3.20. The first-order valence-corrected chi connectivity index (χ1v) is 10.2. The molecule has 0 atom stereocenters. The zero-order chi connectivity index (χ0) is 20.8. The van der Waals surface area contributed by atoms with Gasteiger partial charge in [-0.25, -0.2) is 9.78 Å². The second-order valence-electron chi connectivity index (χ2n) is 6.35. The van der Waals surface area contributed by atoms with Crippen LogP contribution in [0.3, 0.4) is 0 Å². The van der Waals surface area contributed by atoms with Gasteiger partial charge in [0.15, 0.2) is 0 Å². The van der Waals surface area contributed by atoms with Crippen molar-refractivity contribution in [3.8, 4) is 17.4 Å². The predicted molar refractivity (Wildman–Crippen MR) is 113 cm³/mol. The highest BCUT2D eigenvalue weighted by molar-refractivity contribution is 7.98. The Kier molecular flexibility index (Phi) is 6.10. The molecular formula is C23H18N2O4S. The van der Waals surface area contributed by atoms with E-state index < -0.39 is 5.97 Å². The molecule has 0 radical (unpaired) electrons. The number of pyridine rings is 1. The molecule has 4 rings (SSSR count). The van der Waals surface area contributed by atoms with Gasteiger partial charge in [0.2, 0.25) is 5.88 Å². The van der Waals surface area contributed by atoms with Crippen LogP contribution in [0.1, 0.15) is 21.8 Å². The lowest BCUT2D eigenvalue weighted by Crippen LogP contribution is -2.09. The van der Waals surface area contributed by atoms with Crippen molar-refractivity contribution in [1.29, 1.82) is 0 Å². The van der Waals surface area contributed by atoms with Crippen LogP contribution in [0.5, 0.6) is 17.4 Å². The summed E-state index contributed by atoms with van der Waals surface area (Å²) < 4.78 is 16.4. The molecule has 6 nitrogen and oxygen atoms in total. The van der Waals surface area contributed by atoms with Crippen LogP contribution in [0.2, 0.25) is 0 Å². The molecule has 4 aromatic rings. The fourth-order valence-corrected chi connectivity index (χ4v) is 3.58. The fraction of sp³-hybridized carbons (Fsp3) is 0.0870. The first kappa shape index (κ1) is 19.7. The third kappa shape index (κ3) is 5.07. The Hall–Kier alpha value is -3.58. The number of carbonyl (C=O) groups is 1. The molecule has 0 N–H and O–H groups in total. The second-order valence-corrected chi connectivity index (χ2v) is 7.37. The summed E-state index contributed by atoms with van der Waals surface area (Å²) in [6, 6.07) is 21.4. The van der Waals surface area contributed by atoms with Crippen molar-refractivity contribution in [2.75, 3.05) is 0 Å². The van der Waals surface area contributed by atoms with E-state index in [9.17, 15) is 4.79 Å². The van der Waals surface area contributed by atoms with Crippen LogP contribution in [-0.2, 0) is 5.75 Å². The molecule has 0 aliphatic carbocycles. The summed E-state index contributed by atoms with van der Waals surface area (Å²) in [6.07, 6.45) is 1.66. The number of esters is 1. The Bertz CT molecular complexity index is 1130. The van der Waals surface area contributed by atoms with Gasteiger partial charge in [0.05, 0.1) is 17.0 Å². The number of thioether (sulfide) groups is 1. The molecule has 0 bridgehead atoms. The Morgan fingerprint density at radius 3 is 2.50 bits per heavy atom. The smallest absolute Gasteiger partial charge is 0.344 e. The number of aromatic nitrogens is 2. The first-order chi connectivity index (χ1) is 14.7. The lowest BCUT2D eigenvalue weighted by atomic mass is 10.2. The molecular weight excluding hydrogens is 400 g/mol. The largest absolute Gasteiger partial charge is 0.439 e. The van der Waals surface area contributed by atoms with Crippen LogP contribution in [0.4, 0.5) is 0 Å². The number of benzene rings is 2. The van der Waals surface area contributed by atoms with Crippen LogP contribution in [0, 0.1) is 6.92 Å². The van der Waals surface area contributed by atoms with Gasteiger partial charge in [-0.3, -0.25) is 0 Å². The standard InChI is InChI=1S/C23H18N2O4S/c1-16-14-19(29-25-16)15-30-21-7-3-2-6-20(21)23(26)28-18-11-9-17(10-12-18)27-22-8-4-5-13-24-22/h2-14H,15H2,1H3. The summed E-state index contributed by atoms with van der Waals surface area (Å²) in [6.45, 7) is 1.87. The normalized spacial score (nSPS) is 10.6. The quantitative estimate of drug-likeness (QED) is 0.217. The molecule has 0 unspecified atom stereocenters. The van der Waals surface area contributed by atoms with Gasteiger partial charge in [-0.2, -0.15) is 0 Å². The van der Waals surface area contributed by atoms with Crippen LogP contribution in [0.25, 0.3) is 0 Å². The Labute approximate surface area is 177 Å². The van der Waals surface area contributed by atoms with Crippen LogP contribution in [-0.4, -0.2) is 16.1 Å². The van der Waals surface area contributed by atoms with E-state index in [1.165, 1.54) is 11.8 Å². The highest BCUT2D eigenvalue weighted by Gasteiger charge is 2.15. The van der Waals surface area contributed by atoms with Crippen LogP contribution < -0.4 is 9.47 Å². The maximum absolute atomic E-state index is 12.7. The summed E-state index contributed by atoms with van der Waals surface area (Å²) in [4.78, 5) is 17.6. The number of aryl methyl sites for hydroxylation is 1. The van der Waals surface area contributed by atoms with Gasteiger partial charge < -0.3 is 14.0 Å². The van der Waals surface area contributed by atoms with Crippen molar-refractivity contribution >= 4 is 17.7 Å². The van der Waals surface area contributed by atoms with Crippen molar-refractivity contribution in [3.63, 3.8) is 0 Å². The van der Waals surface area contributed by atoms with E-state index in [0.717, 1.165) is 16.3 Å². The van der Waals surface area contributed by atoms with Crippen molar-refractivity contribution in [3.05, 3.63) is 96.0 Å². The molecule has 150 valence electrons. The van der Waals surface area contributed by atoms with E-state index in [2.05, 4.69) is 10.1 Å².